The third kappa shape index (κ3) is 2.44. The van der Waals surface area contributed by atoms with Crippen LogP contribution < -0.4 is 0 Å². The molecule has 1 unspecified atom stereocenters. The van der Waals surface area contributed by atoms with E-state index in [1.54, 1.807) is 11.0 Å². The van der Waals surface area contributed by atoms with Crippen molar-refractivity contribution in [1.29, 1.82) is 0 Å². The molecule has 1 aliphatic rings. The number of rotatable bonds is 2. The van der Waals surface area contributed by atoms with E-state index in [9.17, 15) is 9.59 Å². The van der Waals surface area contributed by atoms with Crippen molar-refractivity contribution in [2.45, 2.75) is 6.10 Å². The lowest BCUT2D eigenvalue weighted by Crippen LogP contribution is -2.49. The fourth-order valence-corrected chi connectivity index (χ4v) is 1.65. The van der Waals surface area contributed by atoms with Crippen molar-refractivity contribution in [3.05, 3.63) is 18.0 Å². The van der Waals surface area contributed by atoms with Crippen molar-refractivity contribution in [2.24, 2.45) is 0 Å². The zero-order valence-corrected chi connectivity index (χ0v) is 9.38. The van der Waals surface area contributed by atoms with Crippen LogP contribution in [0.1, 0.15) is 10.5 Å². The Bertz CT molecular complexity index is 404. The van der Waals surface area contributed by atoms with Gasteiger partial charge in [-0.2, -0.15) is 5.10 Å². The number of aromatic nitrogens is 2. The number of hydrogen-bond acceptors (Lipinski definition) is 5. The Balaban J connectivity index is 2.02. The number of nitrogens with one attached hydrogen (secondary N) is 1. The molecule has 17 heavy (non-hydrogen) atoms. The van der Waals surface area contributed by atoms with Crippen molar-refractivity contribution in [2.75, 3.05) is 26.8 Å². The number of ether oxygens (including phenoxy) is 2. The first-order valence-electron chi connectivity index (χ1n) is 5.20. The molecule has 1 N–H and O–H groups in total. The van der Waals surface area contributed by atoms with Gasteiger partial charge in [-0.3, -0.25) is 9.89 Å². The minimum absolute atomic E-state index is 0.195. The van der Waals surface area contributed by atoms with Crippen LogP contribution in [0.25, 0.3) is 0 Å². The molecule has 1 atom stereocenters. The fraction of sp³-hybridized carbons (Fsp3) is 0.500. The van der Waals surface area contributed by atoms with Crippen LogP contribution >= 0.6 is 0 Å². The molecule has 1 aliphatic heterocycles. The number of hydrogen-bond donors (Lipinski definition) is 1. The molecule has 1 aromatic rings. The smallest absolute Gasteiger partial charge is 0.336 e. The summed E-state index contributed by atoms with van der Waals surface area (Å²) in [5, 5.41) is 6.31. The molecule has 7 nitrogen and oxygen atoms in total. The molecule has 2 rings (SSSR count). The van der Waals surface area contributed by atoms with Crippen LogP contribution in [-0.2, 0) is 14.3 Å². The molecule has 0 bridgehead atoms. The Morgan fingerprint density at radius 1 is 1.65 bits per heavy atom. The number of amides is 1. The lowest BCUT2D eigenvalue weighted by Gasteiger charge is -2.31. The van der Waals surface area contributed by atoms with Gasteiger partial charge in [0.25, 0.3) is 5.91 Å². The minimum Gasteiger partial charge on any atom is -0.467 e. The van der Waals surface area contributed by atoms with Crippen LogP contribution in [0.15, 0.2) is 12.3 Å². The van der Waals surface area contributed by atoms with Gasteiger partial charge in [0.2, 0.25) is 0 Å². The van der Waals surface area contributed by atoms with Crippen LogP contribution in [-0.4, -0.2) is 59.9 Å². The number of methoxy groups -OCH3 is 1. The van der Waals surface area contributed by atoms with Gasteiger partial charge < -0.3 is 14.4 Å². The van der Waals surface area contributed by atoms with Gasteiger partial charge in [-0.05, 0) is 6.07 Å². The molecule has 0 saturated carbocycles. The molecule has 1 amide bonds. The predicted octanol–water partition coefficient (Wildman–Crippen LogP) is -0.576. The highest BCUT2D eigenvalue weighted by Gasteiger charge is 2.30. The van der Waals surface area contributed by atoms with Crippen molar-refractivity contribution < 1.29 is 19.1 Å². The molecule has 0 spiro atoms. The van der Waals surface area contributed by atoms with Gasteiger partial charge in [-0.15, -0.1) is 0 Å². The van der Waals surface area contributed by atoms with E-state index in [4.69, 9.17) is 4.74 Å². The van der Waals surface area contributed by atoms with Gasteiger partial charge in [0.05, 0.1) is 20.3 Å². The monoisotopic (exact) mass is 239 g/mol. The van der Waals surface area contributed by atoms with E-state index in [1.165, 1.54) is 13.3 Å². The summed E-state index contributed by atoms with van der Waals surface area (Å²) < 4.78 is 9.82. The average molecular weight is 239 g/mol. The van der Waals surface area contributed by atoms with Gasteiger partial charge >= 0.3 is 5.97 Å². The zero-order chi connectivity index (χ0) is 12.3. The van der Waals surface area contributed by atoms with Crippen LogP contribution in [0.4, 0.5) is 0 Å². The lowest BCUT2D eigenvalue weighted by atomic mass is 10.2. The highest BCUT2D eigenvalue weighted by Crippen LogP contribution is 2.10. The first-order chi connectivity index (χ1) is 8.22. The lowest BCUT2D eigenvalue weighted by molar-refractivity contribution is -0.158. The first-order valence-corrected chi connectivity index (χ1v) is 5.20. The Morgan fingerprint density at radius 2 is 2.47 bits per heavy atom. The largest absolute Gasteiger partial charge is 0.467 e. The Labute approximate surface area is 97.7 Å². The third-order valence-electron chi connectivity index (χ3n) is 2.55. The van der Waals surface area contributed by atoms with Gasteiger partial charge in [0, 0.05) is 12.7 Å². The summed E-state index contributed by atoms with van der Waals surface area (Å²) in [7, 11) is 1.29. The summed E-state index contributed by atoms with van der Waals surface area (Å²) in [6.45, 7) is 0.968. The number of carbonyl (C=O) groups excluding carboxylic acids is 2. The van der Waals surface area contributed by atoms with Crippen LogP contribution in [0.5, 0.6) is 0 Å². The van der Waals surface area contributed by atoms with E-state index in [0.29, 0.717) is 18.8 Å². The van der Waals surface area contributed by atoms with E-state index >= 15 is 0 Å². The van der Waals surface area contributed by atoms with Gasteiger partial charge in [0.15, 0.2) is 6.10 Å². The summed E-state index contributed by atoms with van der Waals surface area (Å²) in [6.07, 6.45) is 0.798. The van der Waals surface area contributed by atoms with Crippen molar-refractivity contribution in [3.8, 4) is 0 Å². The summed E-state index contributed by atoms with van der Waals surface area (Å²) in [4.78, 5) is 24.8. The number of nitrogens with zero attached hydrogens (tertiary/aromatic N) is 2. The predicted molar refractivity (Wildman–Crippen MR) is 56.2 cm³/mol. The van der Waals surface area contributed by atoms with E-state index in [2.05, 4.69) is 14.9 Å². The second kappa shape index (κ2) is 4.96. The van der Waals surface area contributed by atoms with Crippen molar-refractivity contribution in [3.63, 3.8) is 0 Å². The Hall–Kier alpha value is -1.89. The molecule has 7 heteroatoms. The highest BCUT2D eigenvalue weighted by molar-refractivity contribution is 5.92. The summed E-state index contributed by atoms with van der Waals surface area (Å²) >= 11 is 0. The summed E-state index contributed by atoms with van der Waals surface area (Å²) in [5.74, 6) is -0.660. The van der Waals surface area contributed by atoms with Crippen LogP contribution in [0, 0.1) is 0 Å². The molecular weight excluding hydrogens is 226 g/mol. The first kappa shape index (κ1) is 11.6. The quantitative estimate of drug-likeness (QED) is 0.698. The Kier molecular flexibility index (Phi) is 3.38. The van der Waals surface area contributed by atoms with E-state index in [-0.39, 0.29) is 12.5 Å². The number of carbonyl (C=O) groups is 2. The molecule has 0 aromatic carbocycles. The molecule has 92 valence electrons. The summed E-state index contributed by atoms with van der Waals surface area (Å²) in [5.41, 5.74) is 0.399. The molecule has 1 aromatic heterocycles. The maximum Gasteiger partial charge on any atom is 0.336 e. The van der Waals surface area contributed by atoms with Crippen LogP contribution in [0.2, 0.25) is 0 Å². The van der Waals surface area contributed by atoms with E-state index in [1.807, 2.05) is 0 Å². The second-order valence-corrected chi connectivity index (χ2v) is 3.60. The second-order valence-electron chi connectivity index (χ2n) is 3.60. The molecule has 0 radical (unpaired) electrons. The van der Waals surface area contributed by atoms with E-state index < -0.39 is 12.1 Å². The molecule has 0 aliphatic carbocycles. The molecule has 1 saturated heterocycles. The van der Waals surface area contributed by atoms with Gasteiger partial charge in [-0.25, -0.2) is 4.79 Å². The van der Waals surface area contributed by atoms with Crippen LogP contribution in [0.3, 0.4) is 0 Å². The van der Waals surface area contributed by atoms with Crippen molar-refractivity contribution >= 4 is 11.9 Å². The summed E-state index contributed by atoms with van der Waals surface area (Å²) in [6, 6.07) is 1.59. The highest BCUT2D eigenvalue weighted by atomic mass is 16.6. The zero-order valence-electron chi connectivity index (χ0n) is 9.38. The molecule has 2 heterocycles. The number of H-pyrrole nitrogens is 1. The van der Waals surface area contributed by atoms with Crippen molar-refractivity contribution in [1.82, 2.24) is 15.1 Å². The minimum atomic E-state index is -0.708. The third-order valence-corrected chi connectivity index (χ3v) is 2.55. The topological polar surface area (TPSA) is 84.5 Å². The maximum atomic E-state index is 12.0. The number of aromatic amines is 1. The van der Waals surface area contributed by atoms with Gasteiger partial charge in [0.1, 0.15) is 5.69 Å². The SMILES string of the molecule is COC(=O)C1CN(C(=O)c2ccn[nH]2)CCO1. The maximum absolute atomic E-state index is 12.0. The normalized spacial score (nSPS) is 20.1. The Morgan fingerprint density at radius 3 is 3.12 bits per heavy atom. The standard InChI is InChI=1S/C10H13N3O4/c1-16-10(15)8-6-13(4-5-17-8)9(14)7-2-3-11-12-7/h2-3,8H,4-6H2,1H3,(H,11,12). The van der Waals surface area contributed by atoms with E-state index in [0.717, 1.165) is 0 Å². The molecule has 1 fully saturated rings. The fourth-order valence-electron chi connectivity index (χ4n) is 1.65. The van der Waals surface area contributed by atoms with Gasteiger partial charge in [-0.1, -0.05) is 0 Å². The average Bonchev–Trinajstić information content (AvgIpc) is 2.91. The number of morpholine rings is 1. The molecular formula is C10H13N3O4. The number of esters is 1.